The van der Waals surface area contributed by atoms with Crippen molar-refractivity contribution in [3.8, 4) is 5.75 Å². The molecule has 1 saturated heterocycles. The molecule has 0 amide bonds. The third-order valence-corrected chi connectivity index (χ3v) is 9.34. The van der Waals surface area contributed by atoms with Gasteiger partial charge in [-0.1, -0.05) is 0 Å². The van der Waals surface area contributed by atoms with Crippen LogP contribution in [0.3, 0.4) is 0 Å². The Balaban J connectivity index is 1.16. The van der Waals surface area contributed by atoms with Crippen LogP contribution in [0.15, 0.2) is 52.0 Å². The molecule has 4 aliphatic carbocycles. The van der Waals surface area contributed by atoms with Crippen LogP contribution in [-0.2, 0) is 38.7 Å². The van der Waals surface area contributed by atoms with Crippen molar-refractivity contribution in [2.75, 3.05) is 0 Å². The standard InChI is InChI=1S/C25H22O10S/c26-22(32-14-1-3-15(4-2-14)36(29,30)31)16-17-18-20(34-23(17)27)21(19(16)33-18)35-24(28)25-8-11-5-12(9-25)7-13(6-11)10-25/h1-4,11-13,17-18H,5-10H2,(H,29,30,31)/t11?,12?,13?,17-,18?,25?/m0/s1. The van der Waals surface area contributed by atoms with E-state index in [1.165, 1.54) is 12.1 Å². The molecule has 4 saturated carbocycles. The first-order valence-electron chi connectivity index (χ1n) is 12.0. The van der Waals surface area contributed by atoms with E-state index in [-0.39, 0.29) is 39.5 Å². The minimum absolute atomic E-state index is 0.00838. The molecule has 1 aromatic carbocycles. The Morgan fingerprint density at radius 2 is 1.58 bits per heavy atom. The van der Waals surface area contributed by atoms with Crippen LogP contribution in [0.5, 0.6) is 5.75 Å². The molecule has 6 bridgehead atoms. The Hall–Kier alpha value is -3.18. The van der Waals surface area contributed by atoms with E-state index in [1.807, 2.05) is 0 Å². The molecule has 1 aromatic rings. The van der Waals surface area contributed by atoms with Gasteiger partial charge in [0, 0.05) is 0 Å². The summed E-state index contributed by atoms with van der Waals surface area (Å²) < 4.78 is 53.9. The molecule has 3 aliphatic heterocycles. The quantitative estimate of drug-likeness (QED) is 0.354. The van der Waals surface area contributed by atoms with Gasteiger partial charge in [-0.2, -0.15) is 8.42 Å². The zero-order valence-electron chi connectivity index (χ0n) is 19.0. The third kappa shape index (κ3) is 3.11. The second kappa shape index (κ2) is 7.19. The summed E-state index contributed by atoms with van der Waals surface area (Å²) in [5, 5.41) is 0. The van der Waals surface area contributed by atoms with Crippen molar-refractivity contribution < 1.29 is 46.3 Å². The van der Waals surface area contributed by atoms with E-state index in [2.05, 4.69) is 0 Å². The van der Waals surface area contributed by atoms with Gasteiger partial charge in [0.05, 0.1) is 10.3 Å². The topological polar surface area (TPSA) is 143 Å². The first-order valence-corrected chi connectivity index (χ1v) is 13.4. The highest BCUT2D eigenvalue weighted by Crippen LogP contribution is 2.61. The fraction of sp³-hybridized carbons (Fsp3) is 0.480. The number of hydrogen-bond donors (Lipinski definition) is 1. The Bertz CT molecular complexity index is 1370. The smallest absolute Gasteiger partial charge is 0.344 e. The summed E-state index contributed by atoms with van der Waals surface area (Å²) in [5.74, 6) is -1.34. The van der Waals surface area contributed by atoms with Crippen molar-refractivity contribution in [1.82, 2.24) is 0 Å². The van der Waals surface area contributed by atoms with Crippen molar-refractivity contribution >= 4 is 28.0 Å². The molecule has 11 heteroatoms. The minimum Gasteiger partial charge on any atom is -0.476 e. The summed E-state index contributed by atoms with van der Waals surface area (Å²) in [6, 6.07) is 4.55. The Labute approximate surface area is 206 Å². The SMILES string of the molecule is O=C(Oc1ccc(S(=O)(=O)O)cc1)C1=C2OC3C(=C2OC(=O)C24CC5CC(CC(C5)C2)C4)OC(=O)[C@@H]13. The predicted molar refractivity (Wildman–Crippen MR) is 117 cm³/mol. The first-order chi connectivity index (χ1) is 17.1. The average molecular weight is 515 g/mol. The van der Waals surface area contributed by atoms with Crippen LogP contribution < -0.4 is 4.74 Å². The molecule has 10 nitrogen and oxygen atoms in total. The second-order valence-corrected chi connectivity index (χ2v) is 12.2. The first kappa shape index (κ1) is 22.1. The second-order valence-electron chi connectivity index (χ2n) is 10.8. The molecule has 1 N–H and O–H groups in total. The van der Waals surface area contributed by atoms with Crippen LogP contribution in [-0.4, -0.2) is 37.0 Å². The molecule has 3 heterocycles. The van der Waals surface area contributed by atoms with Crippen molar-refractivity contribution in [2.24, 2.45) is 29.1 Å². The lowest BCUT2D eigenvalue weighted by Crippen LogP contribution is -2.50. The molecule has 1 unspecified atom stereocenters. The number of rotatable bonds is 5. The molecule has 7 aliphatic rings. The van der Waals surface area contributed by atoms with Gasteiger partial charge in [0.25, 0.3) is 10.1 Å². The summed E-state index contributed by atoms with van der Waals surface area (Å²) in [5.41, 5.74) is -0.652. The summed E-state index contributed by atoms with van der Waals surface area (Å²) in [6.07, 6.45) is 4.99. The van der Waals surface area contributed by atoms with Crippen molar-refractivity contribution in [1.29, 1.82) is 0 Å². The van der Waals surface area contributed by atoms with Crippen LogP contribution in [0.25, 0.3) is 0 Å². The lowest BCUT2D eigenvalue weighted by molar-refractivity contribution is -0.167. The lowest BCUT2D eigenvalue weighted by Gasteiger charge is -2.55. The van der Waals surface area contributed by atoms with E-state index < -0.39 is 39.5 Å². The van der Waals surface area contributed by atoms with Crippen LogP contribution in [0.2, 0.25) is 0 Å². The number of fused-ring (bicyclic) bond motifs is 1. The molecule has 8 rings (SSSR count). The van der Waals surface area contributed by atoms with Gasteiger partial charge >= 0.3 is 17.9 Å². The van der Waals surface area contributed by atoms with Crippen LogP contribution in [0, 0.1) is 29.1 Å². The predicted octanol–water partition coefficient (Wildman–Crippen LogP) is 2.65. The van der Waals surface area contributed by atoms with E-state index in [0.717, 1.165) is 50.7 Å². The zero-order valence-corrected chi connectivity index (χ0v) is 19.8. The van der Waals surface area contributed by atoms with Gasteiger partial charge in [0.15, 0.2) is 17.6 Å². The zero-order chi connectivity index (χ0) is 25.0. The van der Waals surface area contributed by atoms with Gasteiger partial charge in [-0.05, 0) is 80.5 Å². The Kier molecular flexibility index (Phi) is 4.41. The van der Waals surface area contributed by atoms with E-state index >= 15 is 0 Å². The van der Waals surface area contributed by atoms with Gasteiger partial charge in [-0.3, -0.25) is 14.1 Å². The lowest BCUT2D eigenvalue weighted by atomic mass is 9.49. The highest BCUT2D eigenvalue weighted by molar-refractivity contribution is 7.85. The van der Waals surface area contributed by atoms with Crippen molar-refractivity contribution in [3.05, 3.63) is 47.1 Å². The Morgan fingerprint density at radius 3 is 2.17 bits per heavy atom. The van der Waals surface area contributed by atoms with E-state index in [0.29, 0.717) is 17.8 Å². The number of esters is 3. The maximum Gasteiger partial charge on any atom is 0.344 e. The molecule has 0 spiro atoms. The fourth-order valence-corrected chi connectivity index (χ4v) is 7.89. The average Bonchev–Trinajstić information content (AvgIpc) is 3.42. The molecule has 0 aromatic heterocycles. The number of carbonyl (C=O) groups is 3. The summed E-state index contributed by atoms with van der Waals surface area (Å²) in [7, 11) is -4.41. The maximum absolute atomic E-state index is 13.5. The number of benzene rings is 1. The van der Waals surface area contributed by atoms with Crippen molar-refractivity contribution in [3.63, 3.8) is 0 Å². The number of ether oxygens (including phenoxy) is 4. The molecule has 5 fully saturated rings. The summed E-state index contributed by atoms with van der Waals surface area (Å²) >= 11 is 0. The van der Waals surface area contributed by atoms with E-state index in [4.69, 9.17) is 23.5 Å². The van der Waals surface area contributed by atoms with Crippen LogP contribution in [0.4, 0.5) is 0 Å². The maximum atomic E-state index is 13.5. The fourth-order valence-electron chi connectivity index (χ4n) is 7.41. The molecular weight excluding hydrogens is 492 g/mol. The molecule has 36 heavy (non-hydrogen) atoms. The van der Waals surface area contributed by atoms with Gasteiger partial charge in [-0.25, -0.2) is 4.79 Å². The van der Waals surface area contributed by atoms with E-state index in [1.54, 1.807) is 0 Å². The summed E-state index contributed by atoms with van der Waals surface area (Å²) in [4.78, 5) is 38.8. The number of hydrogen-bond acceptors (Lipinski definition) is 9. The largest absolute Gasteiger partial charge is 0.476 e. The summed E-state index contributed by atoms with van der Waals surface area (Å²) in [6.45, 7) is 0. The number of carbonyl (C=O) groups excluding carboxylic acids is 3. The molecule has 188 valence electrons. The third-order valence-electron chi connectivity index (χ3n) is 8.47. The highest BCUT2D eigenvalue weighted by Gasteiger charge is 2.63. The Morgan fingerprint density at radius 1 is 0.972 bits per heavy atom. The van der Waals surface area contributed by atoms with Gasteiger partial charge in [0.1, 0.15) is 17.2 Å². The minimum atomic E-state index is -4.41. The van der Waals surface area contributed by atoms with E-state index in [9.17, 15) is 22.8 Å². The monoisotopic (exact) mass is 514 g/mol. The van der Waals surface area contributed by atoms with Crippen LogP contribution in [0.1, 0.15) is 38.5 Å². The molecule has 0 radical (unpaired) electrons. The molecule has 2 atom stereocenters. The van der Waals surface area contributed by atoms with Crippen molar-refractivity contribution in [2.45, 2.75) is 49.5 Å². The van der Waals surface area contributed by atoms with Gasteiger partial charge < -0.3 is 18.9 Å². The van der Waals surface area contributed by atoms with Gasteiger partial charge in [0.2, 0.25) is 5.76 Å². The molecular formula is C25H22O10S. The van der Waals surface area contributed by atoms with Crippen LogP contribution >= 0.6 is 0 Å². The van der Waals surface area contributed by atoms with Gasteiger partial charge in [-0.15, -0.1) is 0 Å². The highest BCUT2D eigenvalue weighted by atomic mass is 32.2. The normalized spacial score (nSPS) is 35.2.